The quantitative estimate of drug-likeness (QED) is 0.397. The van der Waals surface area contributed by atoms with Crippen molar-refractivity contribution in [3.63, 3.8) is 0 Å². The lowest BCUT2D eigenvalue weighted by Crippen LogP contribution is -2.35. The number of hydroxylamine groups is 1. The largest absolute Gasteiger partial charge is 0.492 e. The molecule has 0 fully saturated rings. The predicted molar refractivity (Wildman–Crippen MR) is 42.1 cm³/mol. The van der Waals surface area contributed by atoms with Crippen LogP contribution in [-0.4, -0.2) is 38.3 Å². The lowest BCUT2D eigenvalue weighted by Gasteiger charge is -2.07. The van der Waals surface area contributed by atoms with Crippen LogP contribution < -0.4 is 16.5 Å². The van der Waals surface area contributed by atoms with Crippen LogP contribution in [0.2, 0.25) is 0 Å². The highest BCUT2D eigenvalue weighted by molar-refractivity contribution is 5.75. The lowest BCUT2D eigenvalue weighted by atomic mass is 10.6. The number of rotatable bonds is 6. The molecule has 0 atom stereocenters. The third kappa shape index (κ3) is 6.63. The van der Waals surface area contributed by atoms with Crippen LogP contribution in [0.1, 0.15) is 0 Å². The van der Waals surface area contributed by atoms with Crippen molar-refractivity contribution in [1.82, 2.24) is 10.8 Å². The molecule has 0 bridgehead atoms. The van der Waals surface area contributed by atoms with Gasteiger partial charge in [-0.05, 0) is 0 Å². The van der Waals surface area contributed by atoms with Crippen LogP contribution in [0, 0.1) is 0 Å². The highest BCUT2D eigenvalue weighted by Gasteiger charge is 2.41. The summed E-state index contributed by atoms with van der Waals surface area (Å²) in [6.07, 6.45) is -4.96. The van der Waals surface area contributed by atoms with Gasteiger partial charge in [0.2, 0.25) is 0 Å². The molecule has 0 aromatic heterocycles. The van der Waals surface area contributed by atoms with Crippen LogP contribution in [-0.2, 0) is 9.63 Å². The number of hydrogen-bond acceptors (Lipinski definition) is 5. The number of halogens is 3. The maximum atomic E-state index is 11.5. The SMILES string of the molecule is NCCNCCNOC(=O)C(F)(F)F. The Balaban J connectivity index is 3.33. The van der Waals surface area contributed by atoms with E-state index < -0.39 is 12.1 Å². The molecule has 0 saturated carbocycles. The number of nitrogens with two attached hydrogens (primary N) is 1. The molecule has 0 aliphatic heterocycles. The first-order valence-electron chi connectivity index (χ1n) is 3.90. The van der Waals surface area contributed by atoms with Gasteiger partial charge in [0.15, 0.2) is 0 Å². The second-order valence-corrected chi connectivity index (χ2v) is 2.32. The molecule has 0 aromatic carbocycles. The first-order valence-corrected chi connectivity index (χ1v) is 3.90. The van der Waals surface area contributed by atoms with Crippen LogP contribution in [0.4, 0.5) is 13.2 Å². The molecule has 14 heavy (non-hydrogen) atoms. The molecule has 8 heteroatoms. The first kappa shape index (κ1) is 13.1. The zero-order valence-corrected chi connectivity index (χ0v) is 7.36. The monoisotopic (exact) mass is 215 g/mol. The first-order chi connectivity index (χ1) is 6.48. The Bertz CT molecular complexity index is 174. The van der Waals surface area contributed by atoms with Gasteiger partial charge in [-0.15, -0.1) is 0 Å². The van der Waals surface area contributed by atoms with E-state index in [4.69, 9.17) is 5.73 Å². The van der Waals surface area contributed by atoms with E-state index in [0.717, 1.165) is 0 Å². The van der Waals surface area contributed by atoms with Gasteiger partial charge in [-0.25, -0.2) is 4.79 Å². The second kappa shape index (κ2) is 6.57. The minimum Gasteiger partial charge on any atom is -0.364 e. The van der Waals surface area contributed by atoms with Gasteiger partial charge in [-0.3, -0.25) is 0 Å². The Hall–Kier alpha value is -0.860. The molecule has 0 unspecified atom stereocenters. The van der Waals surface area contributed by atoms with Crippen molar-refractivity contribution < 1.29 is 22.8 Å². The summed E-state index contributed by atoms with van der Waals surface area (Å²) in [6, 6.07) is 0. The molecule has 0 rings (SSSR count). The number of nitrogens with one attached hydrogen (secondary N) is 2. The Morgan fingerprint density at radius 3 is 2.43 bits per heavy atom. The minimum atomic E-state index is -4.96. The molecule has 4 N–H and O–H groups in total. The average Bonchev–Trinajstić information content (AvgIpc) is 2.09. The fourth-order valence-electron chi connectivity index (χ4n) is 0.541. The normalized spacial score (nSPS) is 11.4. The number of carbonyl (C=O) groups is 1. The summed E-state index contributed by atoms with van der Waals surface area (Å²) < 4.78 is 34.6. The number of carbonyl (C=O) groups excluding carboxylic acids is 1. The van der Waals surface area contributed by atoms with Crippen molar-refractivity contribution in [1.29, 1.82) is 0 Å². The summed E-state index contributed by atoms with van der Waals surface area (Å²) in [5, 5.41) is 2.79. The van der Waals surface area contributed by atoms with E-state index in [9.17, 15) is 18.0 Å². The van der Waals surface area contributed by atoms with Crippen LogP contribution in [0.25, 0.3) is 0 Å². The van der Waals surface area contributed by atoms with Crippen LogP contribution in [0.3, 0.4) is 0 Å². The topological polar surface area (TPSA) is 76.4 Å². The van der Waals surface area contributed by atoms with Gasteiger partial charge in [0.1, 0.15) is 0 Å². The van der Waals surface area contributed by atoms with Gasteiger partial charge in [0.25, 0.3) is 0 Å². The summed E-state index contributed by atoms with van der Waals surface area (Å²) in [5.41, 5.74) is 7.01. The van der Waals surface area contributed by atoms with Gasteiger partial charge in [0.05, 0.1) is 0 Å². The summed E-state index contributed by atoms with van der Waals surface area (Å²) in [5.74, 6) is -2.25. The van der Waals surface area contributed by atoms with Crippen molar-refractivity contribution >= 4 is 5.97 Å². The Morgan fingerprint density at radius 1 is 1.29 bits per heavy atom. The molecule has 5 nitrogen and oxygen atoms in total. The van der Waals surface area contributed by atoms with Crippen molar-refractivity contribution in [3.05, 3.63) is 0 Å². The lowest BCUT2D eigenvalue weighted by molar-refractivity contribution is -0.206. The van der Waals surface area contributed by atoms with Crippen molar-refractivity contribution in [3.8, 4) is 0 Å². The van der Waals surface area contributed by atoms with Crippen molar-refractivity contribution in [2.75, 3.05) is 26.2 Å². The molecule has 0 radical (unpaired) electrons. The van der Waals surface area contributed by atoms with Gasteiger partial charge in [-0.2, -0.15) is 18.7 Å². The molecular weight excluding hydrogens is 203 g/mol. The highest BCUT2D eigenvalue weighted by Crippen LogP contribution is 2.15. The van der Waals surface area contributed by atoms with Gasteiger partial charge < -0.3 is 15.9 Å². The van der Waals surface area contributed by atoms with Crippen LogP contribution >= 0.6 is 0 Å². The minimum absolute atomic E-state index is 0.0851. The summed E-state index contributed by atoms with van der Waals surface area (Å²) in [4.78, 5) is 13.8. The Kier molecular flexibility index (Phi) is 6.17. The predicted octanol–water partition coefficient (Wildman–Crippen LogP) is -0.855. The van der Waals surface area contributed by atoms with E-state index in [1.54, 1.807) is 0 Å². The summed E-state index contributed by atoms with van der Waals surface area (Å²) in [6.45, 7) is 1.43. The van der Waals surface area contributed by atoms with Crippen molar-refractivity contribution in [2.24, 2.45) is 5.73 Å². The molecule has 0 saturated heterocycles. The second-order valence-electron chi connectivity index (χ2n) is 2.32. The standard InChI is InChI=1S/C6H12F3N3O2/c7-6(8,9)5(13)14-12-4-3-11-2-1-10/h11-12H,1-4,10H2. The van der Waals surface area contributed by atoms with E-state index in [1.807, 2.05) is 5.48 Å². The molecular formula is C6H12F3N3O2. The molecule has 0 amide bonds. The third-order valence-electron chi connectivity index (χ3n) is 1.12. The maximum Gasteiger partial charge on any atom is 0.492 e. The zero-order valence-electron chi connectivity index (χ0n) is 7.36. The Labute approximate surface area is 78.7 Å². The van der Waals surface area contributed by atoms with E-state index in [0.29, 0.717) is 19.6 Å². The number of hydrogen-bond donors (Lipinski definition) is 3. The highest BCUT2D eigenvalue weighted by atomic mass is 19.4. The van der Waals surface area contributed by atoms with Gasteiger partial charge in [-0.1, -0.05) is 0 Å². The van der Waals surface area contributed by atoms with E-state index in [2.05, 4.69) is 10.2 Å². The zero-order chi connectivity index (χ0) is 11.0. The fourth-order valence-corrected chi connectivity index (χ4v) is 0.541. The molecule has 0 spiro atoms. The third-order valence-corrected chi connectivity index (χ3v) is 1.12. The molecule has 0 aliphatic rings. The average molecular weight is 215 g/mol. The maximum absolute atomic E-state index is 11.5. The molecule has 0 aromatic rings. The van der Waals surface area contributed by atoms with E-state index in [-0.39, 0.29) is 6.54 Å². The smallest absolute Gasteiger partial charge is 0.364 e. The molecule has 0 aliphatic carbocycles. The summed E-state index contributed by atoms with van der Waals surface area (Å²) in [7, 11) is 0. The van der Waals surface area contributed by atoms with Crippen LogP contribution in [0.15, 0.2) is 0 Å². The summed E-state index contributed by atoms with van der Waals surface area (Å²) >= 11 is 0. The molecule has 0 heterocycles. The number of alkyl halides is 3. The van der Waals surface area contributed by atoms with E-state index in [1.165, 1.54) is 0 Å². The Morgan fingerprint density at radius 2 is 1.93 bits per heavy atom. The van der Waals surface area contributed by atoms with E-state index >= 15 is 0 Å². The molecule has 84 valence electrons. The fraction of sp³-hybridized carbons (Fsp3) is 0.833. The van der Waals surface area contributed by atoms with Crippen LogP contribution in [0.5, 0.6) is 0 Å². The van der Waals surface area contributed by atoms with Gasteiger partial charge >= 0.3 is 12.1 Å². The van der Waals surface area contributed by atoms with Gasteiger partial charge in [0, 0.05) is 26.2 Å². The van der Waals surface area contributed by atoms with Crippen molar-refractivity contribution in [2.45, 2.75) is 6.18 Å².